The molecule has 0 radical (unpaired) electrons. The number of rotatable bonds is 6. The van der Waals surface area contributed by atoms with Gasteiger partial charge in [0.25, 0.3) is 0 Å². The molecule has 5 heteroatoms. The highest BCUT2D eigenvalue weighted by atomic mass is 19.1. The van der Waals surface area contributed by atoms with E-state index in [0.29, 0.717) is 12.8 Å². The van der Waals surface area contributed by atoms with Crippen LogP contribution in [0.3, 0.4) is 0 Å². The van der Waals surface area contributed by atoms with Crippen LogP contribution < -0.4 is 5.32 Å². The maximum atomic E-state index is 13.3. The molecule has 1 aromatic heterocycles. The molecule has 0 aliphatic rings. The maximum absolute atomic E-state index is 13.3. The summed E-state index contributed by atoms with van der Waals surface area (Å²) in [5.41, 5.74) is 3.57. The van der Waals surface area contributed by atoms with Crippen LogP contribution in [0, 0.1) is 19.7 Å². The second-order valence-electron chi connectivity index (χ2n) is 6.27. The molecule has 134 valence electrons. The van der Waals surface area contributed by atoms with Crippen molar-refractivity contribution in [2.45, 2.75) is 32.7 Å². The molecule has 1 atom stereocenters. The first-order valence-corrected chi connectivity index (χ1v) is 8.56. The first-order valence-electron chi connectivity index (χ1n) is 8.56. The largest absolute Gasteiger partial charge is 0.361 e. The Hall–Kier alpha value is -2.95. The number of halogens is 1. The fraction of sp³-hybridized carbons (Fsp3) is 0.238. The molecule has 1 amide bonds. The molecule has 0 saturated carbocycles. The Balaban J connectivity index is 1.75. The van der Waals surface area contributed by atoms with E-state index in [0.717, 1.165) is 28.1 Å². The predicted molar refractivity (Wildman–Crippen MR) is 97.1 cm³/mol. The van der Waals surface area contributed by atoms with Gasteiger partial charge in [0.1, 0.15) is 11.6 Å². The van der Waals surface area contributed by atoms with Crippen molar-refractivity contribution >= 4 is 5.91 Å². The monoisotopic (exact) mass is 352 g/mol. The van der Waals surface area contributed by atoms with Crippen molar-refractivity contribution in [2.75, 3.05) is 0 Å². The number of aromatic nitrogens is 1. The number of nitrogens with zero attached hydrogens (tertiary/aromatic N) is 1. The van der Waals surface area contributed by atoms with Crippen LogP contribution in [-0.4, -0.2) is 11.1 Å². The lowest BCUT2D eigenvalue weighted by Crippen LogP contribution is -2.29. The average molecular weight is 352 g/mol. The van der Waals surface area contributed by atoms with Gasteiger partial charge in [0, 0.05) is 12.0 Å². The third kappa shape index (κ3) is 4.17. The van der Waals surface area contributed by atoms with E-state index in [4.69, 9.17) is 4.52 Å². The minimum atomic E-state index is -0.325. The summed E-state index contributed by atoms with van der Waals surface area (Å²) in [6.45, 7) is 3.72. The normalized spacial score (nSPS) is 12.0. The number of hydrogen-bond donors (Lipinski definition) is 1. The highest BCUT2D eigenvalue weighted by Gasteiger charge is 2.18. The molecule has 0 spiro atoms. The van der Waals surface area contributed by atoms with Gasteiger partial charge in [-0.3, -0.25) is 4.79 Å². The summed E-state index contributed by atoms with van der Waals surface area (Å²) in [6.07, 6.45) is 0.894. The van der Waals surface area contributed by atoms with E-state index >= 15 is 0 Å². The van der Waals surface area contributed by atoms with Crippen molar-refractivity contribution in [3.63, 3.8) is 0 Å². The smallest absolute Gasteiger partial charge is 0.221 e. The van der Waals surface area contributed by atoms with E-state index in [9.17, 15) is 9.18 Å². The SMILES string of the molecule is Cc1noc(C)c1CCC(=O)NC(c1ccccc1)c1ccc(F)cc1. The fourth-order valence-electron chi connectivity index (χ4n) is 2.99. The van der Waals surface area contributed by atoms with Crippen LogP contribution in [0.15, 0.2) is 59.1 Å². The topological polar surface area (TPSA) is 55.1 Å². The summed E-state index contributed by atoms with van der Waals surface area (Å²) in [5, 5.41) is 6.97. The van der Waals surface area contributed by atoms with E-state index in [1.165, 1.54) is 12.1 Å². The summed E-state index contributed by atoms with van der Waals surface area (Å²) in [4.78, 5) is 12.5. The Morgan fingerprint density at radius 1 is 1.08 bits per heavy atom. The highest BCUT2D eigenvalue weighted by molar-refractivity contribution is 5.77. The molecule has 26 heavy (non-hydrogen) atoms. The number of hydrogen-bond acceptors (Lipinski definition) is 3. The molecule has 0 saturated heterocycles. The fourth-order valence-corrected chi connectivity index (χ4v) is 2.99. The Labute approximate surface area is 152 Å². The van der Waals surface area contributed by atoms with Gasteiger partial charge in [0.2, 0.25) is 5.91 Å². The highest BCUT2D eigenvalue weighted by Crippen LogP contribution is 2.23. The van der Waals surface area contributed by atoms with Crippen molar-refractivity contribution in [1.29, 1.82) is 0 Å². The molecule has 0 aliphatic carbocycles. The summed E-state index contributed by atoms with van der Waals surface area (Å²) >= 11 is 0. The van der Waals surface area contributed by atoms with Crippen LogP contribution in [0.4, 0.5) is 4.39 Å². The van der Waals surface area contributed by atoms with Crippen molar-refractivity contribution in [2.24, 2.45) is 0 Å². The van der Waals surface area contributed by atoms with E-state index in [-0.39, 0.29) is 17.8 Å². The molecular formula is C21H21FN2O2. The molecule has 1 heterocycles. The van der Waals surface area contributed by atoms with E-state index in [1.54, 1.807) is 12.1 Å². The standard InChI is InChI=1S/C21H21FN2O2/c1-14-19(15(2)26-24-14)12-13-20(25)23-21(16-6-4-3-5-7-16)17-8-10-18(22)11-9-17/h3-11,21H,12-13H2,1-2H3,(H,23,25). The van der Waals surface area contributed by atoms with Gasteiger partial charge in [-0.05, 0) is 43.5 Å². The van der Waals surface area contributed by atoms with Crippen LogP contribution in [0.1, 0.15) is 40.6 Å². The van der Waals surface area contributed by atoms with Gasteiger partial charge in [-0.1, -0.05) is 47.6 Å². The van der Waals surface area contributed by atoms with Crippen LogP contribution >= 0.6 is 0 Å². The minimum Gasteiger partial charge on any atom is -0.361 e. The van der Waals surface area contributed by atoms with Crippen molar-refractivity contribution in [1.82, 2.24) is 10.5 Å². The molecule has 4 nitrogen and oxygen atoms in total. The molecule has 0 fully saturated rings. The molecule has 3 aromatic rings. The van der Waals surface area contributed by atoms with Crippen LogP contribution in [0.25, 0.3) is 0 Å². The summed E-state index contributed by atoms with van der Waals surface area (Å²) < 4.78 is 18.4. The quantitative estimate of drug-likeness (QED) is 0.721. The summed E-state index contributed by atoms with van der Waals surface area (Å²) in [7, 11) is 0. The maximum Gasteiger partial charge on any atom is 0.221 e. The van der Waals surface area contributed by atoms with Gasteiger partial charge in [0.15, 0.2) is 0 Å². The zero-order chi connectivity index (χ0) is 18.5. The van der Waals surface area contributed by atoms with E-state index < -0.39 is 0 Å². The number of benzene rings is 2. The molecule has 2 aromatic carbocycles. The zero-order valence-corrected chi connectivity index (χ0v) is 14.8. The molecule has 3 rings (SSSR count). The lowest BCUT2D eigenvalue weighted by atomic mass is 9.98. The minimum absolute atomic E-state index is 0.0804. The number of nitrogens with one attached hydrogen (secondary N) is 1. The Morgan fingerprint density at radius 3 is 2.35 bits per heavy atom. The van der Waals surface area contributed by atoms with Crippen molar-refractivity contribution in [3.05, 3.63) is 88.6 Å². The van der Waals surface area contributed by atoms with Crippen molar-refractivity contribution in [3.8, 4) is 0 Å². The van der Waals surface area contributed by atoms with Gasteiger partial charge < -0.3 is 9.84 Å². The van der Waals surface area contributed by atoms with Crippen LogP contribution in [0.2, 0.25) is 0 Å². The lowest BCUT2D eigenvalue weighted by molar-refractivity contribution is -0.121. The van der Waals surface area contributed by atoms with Gasteiger partial charge in [-0.15, -0.1) is 0 Å². The lowest BCUT2D eigenvalue weighted by Gasteiger charge is -2.20. The van der Waals surface area contributed by atoms with Crippen LogP contribution in [0.5, 0.6) is 0 Å². The number of carbonyl (C=O) groups excluding carboxylic acids is 1. The van der Waals surface area contributed by atoms with E-state index in [2.05, 4.69) is 10.5 Å². The van der Waals surface area contributed by atoms with Crippen molar-refractivity contribution < 1.29 is 13.7 Å². The number of aryl methyl sites for hydroxylation is 2. The second-order valence-corrected chi connectivity index (χ2v) is 6.27. The third-order valence-electron chi connectivity index (χ3n) is 4.42. The first kappa shape index (κ1) is 17.9. The molecule has 0 bridgehead atoms. The average Bonchev–Trinajstić information content (AvgIpc) is 2.97. The number of carbonyl (C=O) groups is 1. The molecule has 1 N–H and O–H groups in total. The van der Waals surface area contributed by atoms with Gasteiger partial charge in [0.05, 0.1) is 11.7 Å². The van der Waals surface area contributed by atoms with Gasteiger partial charge in [-0.25, -0.2) is 4.39 Å². The predicted octanol–water partition coefficient (Wildman–Crippen LogP) is 4.27. The summed E-state index contributed by atoms with van der Waals surface area (Å²) in [6, 6.07) is 15.5. The molecule has 0 aliphatic heterocycles. The third-order valence-corrected chi connectivity index (χ3v) is 4.42. The molecule has 1 unspecified atom stereocenters. The Kier molecular flexibility index (Phi) is 5.46. The Morgan fingerprint density at radius 2 is 1.73 bits per heavy atom. The summed E-state index contributed by atoms with van der Waals surface area (Å²) in [5.74, 6) is 0.363. The van der Waals surface area contributed by atoms with E-state index in [1.807, 2.05) is 44.2 Å². The first-order chi connectivity index (χ1) is 12.5. The van der Waals surface area contributed by atoms with Crippen LogP contribution in [-0.2, 0) is 11.2 Å². The van der Waals surface area contributed by atoms with Gasteiger partial charge in [-0.2, -0.15) is 0 Å². The second kappa shape index (κ2) is 7.95. The zero-order valence-electron chi connectivity index (χ0n) is 14.8. The van der Waals surface area contributed by atoms with Gasteiger partial charge >= 0.3 is 0 Å². The molecular weight excluding hydrogens is 331 g/mol. The Bertz CT molecular complexity index is 853. The number of amides is 1.